The summed E-state index contributed by atoms with van der Waals surface area (Å²) in [7, 11) is 1.65. The molecular formula is C24H32O5. The highest BCUT2D eigenvalue weighted by Gasteiger charge is 1.99. The lowest BCUT2D eigenvalue weighted by Gasteiger charge is -2.09. The van der Waals surface area contributed by atoms with Crippen LogP contribution in [0.2, 0.25) is 0 Å². The molecule has 0 bridgehead atoms. The maximum Gasteiger partial charge on any atom is 0.147 e. The molecule has 0 atom stereocenters. The van der Waals surface area contributed by atoms with Crippen molar-refractivity contribution >= 4 is 0 Å². The number of hydrogen-bond acceptors (Lipinski definition) is 5. The zero-order valence-corrected chi connectivity index (χ0v) is 17.3. The highest BCUT2D eigenvalue weighted by molar-refractivity contribution is 5.32. The zero-order chi connectivity index (χ0) is 20.6. The summed E-state index contributed by atoms with van der Waals surface area (Å²) >= 11 is 0. The first kappa shape index (κ1) is 22.8. The normalized spacial score (nSPS) is 10.5. The molecule has 0 saturated carbocycles. The Hall–Kier alpha value is -2.50. The van der Waals surface area contributed by atoms with Gasteiger partial charge in [-0.2, -0.15) is 0 Å². The molecule has 5 nitrogen and oxygen atoms in total. The van der Waals surface area contributed by atoms with Crippen LogP contribution in [0.1, 0.15) is 31.2 Å². The molecule has 0 aromatic heterocycles. The van der Waals surface area contributed by atoms with E-state index in [1.807, 2.05) is 48.5 Å². The van der Waals surface area contributed by atoms with Crippen molar-refractivity contribution in [3.8, 4) is 17.2 Å². The quantitative estimate of drug-likeness (QED) is 0.215. The third kappa shape index (κ3) is 10.0. The fourth-order valence-electron chi connectivity index (χ4n) is 2.62. The Balaban J connectivity index is 1.52. The zero-order valence-electron chi connectivity index (χ0n) is 17.3. The molecule has 158 valence electrons. The van der Waals surface area contributed by atoms with E-state index in [1.165, 1.54) is 0 Å². The van der Waals surface area contributed by atoms with E-state index in [2.05, 4.69) is 6.58 Å². The van der Waals surface area contributed by atoms with Crippen LogP contribution >= 0.6 is 0 Å². The standard InChI is InChI=1S/C24H32O5/c1-3-16-26-20-27-17-6-4-5-7-18-28-23-10-8-21(9-11-23)19-29-24-14-12-22(25-2)13-15-24/h3,8-15H,1,4-7,16-20H2,2H3. The second-order valence-electron chi connectivity index (χ2n) is 6.56. The van der Waals surface area contributed by atoms with Crippen LogP contribution in [0.5, 0.6) is 17.2 Å². The number of rotatable bonds is 16. The molecule has 0 spiro atoms. The summed E-state index contributed by atoms with van der Waals surface area (Å²) < 4.78 is 27.3. The first-order valence-electron chi connectivity index (χ1n) is 10.1. The van der Waals surface area contributed by atoms with Gasteiger partial charge >= 0.3 is 0 Å². The minimum atomic E-state index is 0.344. The lowest BCUT2D eigenvalue weighted by Crippen LogP contribution is -2.02. The van der Waals surface area contributed by atoms with Crippen molar-refractivity contribution in [2.75, 3.05) is 33.7 Å². The summed E-state index contributed by atoms with van der Waals surface area (Å²) in [4.78, 5) is 0. The fourth-order valence-corrected chi connectivity index (χ4v) is 2.62. The van der Waals surface area contributed by atoms with Crippen LogP contribution < -0.4 is 14.2 Å². The highest BCUT2D eigenvalue weighted by atomic mass is 16.7. The van der Waals surface area contributed by atoms with Gasteiger partial charge in [-0.15, -0.1) is 6.58 Å². The molecule has 2 rings (SSSR count). The fraction of sp³-hybridized carbons (Fsp3) is 0.417. The minimum Gasteiger partial charge on any atom is -0.497 e. The smallest absolute Gasteiger partial charge is 0.147 e. The molecular weight excluding hydrogens is 368 g/mol. The predicted octanol–water partition coefficient (Wildman–Crippen LogP) is 5.39. The van der Waals surface area contributed by atoms with Gasteiger partial charge in [0.25, 0.3) is 0 Å². The van der Waals surface area contributed by atoms with Crippen LogP contribution in [0.3, 0.4) is 0 Å². The van der Waals surface area contributed by atoms with Crippen LogP contribution in [-0.2, 0) is 16.1 Å². The molecule has 2 aromatic carbocycles. The van der Waals surface area contributed by atoms with E-state index in [1.54, 1.807) is 13.2 Å². The summed E-state index contributed by atoms with van der Waals surface area (Å²) in [5, 5.41) is 0. The average Bonchev–Trinajstić information content (AvgIpc) is 2.77. The Morgan fingerprint density at radius 3 is 2.03 bits per heavy atom. The van der Waals surface area contributed by atoms with E-state index < -0.39 is 0 Å². The first-order chi connectivity index (χ1) is 14.3. The van der Waals surface area contributed by atoms with Crippen LogP contribution in [0.25, 0.3) is 0 Å². The van der Waals surface area contributed by atoms with E-state index in [0.29, 0.717) is 20.0 Å². The highest BCUT2D eigenvalue weighted by Crippen LogP contribution is 2.19. The van der Waals surface area contributed by atoms with Crippen LogP contribution in [0.4, 0.5) is 0 Å². The Morgan fingerprint density at radius 2 is 1.34 bits per heavy atom. The van der Waals surface area contributed by atoms with Crippen molar-refractivity contribution in [1.29, 1.82) is 0 Å². The van der Waals surface area contributed by atoms with Crippen molar-refractivity contribution in [3.05, 3.63) is 66.7 Å². The SMILES string of the molecule is C=CCOCOCCCCCCOc1ccc(COc2ccc(OC)cc2)cc1. The number of unbranched alkanes of at least 4 members (excludes halogenated alkanes) is 3. The molecule has 5 heteroatoms. The Kier molecular flexibility index (Phi) is 11.4. The van der Waals surface area contributed by atoms with Crippen molar-refractivity contribution in [3.63, 3.8) is 0 Å². The molecule has 0 unspecified atom stereocenters. The van der Waals surface area contributed by atoms with Gasteiger partial charge in [0.1, 0.15) is 30.6 Å². The van der Waals surface area contributed by atoms with Gasteiger partial charge in [-0.1, -0.05) is 24.6 Å². The van der Waals surface area contributed by atoms with Crippen molar-refractivity contribution in [2.45, 2.75) is 32.3 Å². The third-order valence-corrected chi connectivity index (χ3v) is 4.24. The van der Waals surface area contributed by atoms with Gasteiger partial charge in [0.2, 0.25) is 0 Å². The molecule has 0 radical (unpaired) electrons. The summed E-state index contributed by atoms with van der Waals surface area (Å²) in [6, 6.07) is 15.6. The van der Waals surface area contributed by atoms with Crippen LogP contribution in [-0.4, -0.2) is 33.7 Å². The summed E-state index contributed by atoms with van der Waals surface area (Å²) in [6.45, 7) is 6.45. The second-order valence-corrected chi connectivity index (χ2v) is 6.56. The number of hydrogen-bond donors (Lipinski definition) is 0. The first-order valence-corrected chi connectivity index (χ1v) is 10.1. The largest absolute Gasteiger partial charge is 0.497 e. The maximum absolute atomic E-state index is 5.81. The molecule has 0 aliphatic carbocycles. The molecule has 0 fully saturated rings. The van der Waals surface area contributed by atoms with E-state index >= 15 is 0 Å². The Bertz CT molecular complexity index is 667. The summed E-state index contributed by atoms with van der Waals surface area (Å²) in [5.74, 6) is 2.53. The van der Waals surface area contributed by atoms with Crippen LogP contribution in [0.15, 0.2) is 61.2 Å². The number of benzene rings is 2. The predicted molar refractivity (Wildman–Crippen MR) is 115 cm³/mol. The molecule has 0 amide bonds. The molecule has 0 saturated heterocycles. The third-order valence-electron chi connectivity index (χ3n) is 4.24. The molecule has 0 heterocycles. The Morgan fingerprint density at radius 1 is 0.724 bits per heavy atom. The van der Waals surface area contributed by atoms with Crippen molar-refractivity contribution in [2.24, 2.45) is 0 Å². The van der Waals surface area contributed by atoms with Gasteiger partial charge in [0.15, 0.2) is 0 Å². The van der Waals surface area contributed by atoms with Gasteiger partial charge in [0.05, 0.1) is 20.3 Å². The van der Waals surface area contributed by atoms with Gasteiger partial charge in [-0.25, -0.2) is 0 Å². The van der Waals surface area contributed by atoms with Crippen molar-refractivity contribution in [1.82, 2.24) is 0 Å². The van der Waals surface area contributed by atoms with E-state index in [9.17, 15) is 0 Å². The number of ether oxygens (including phenoxy) is 5. The maximum atomic E-state index is 5.81. The monoisotopic (exact) mass is 400 g/mol. The lowest BCUT2D eigenvalue weighted by molar-refractivity contribution is -0.0448. The molecule has 29 heavy (non-hydrogen) atoms. The average molecular weight is 401 g/mol. The minimum absolute atomic E-state index is 0.344. The molecule has 0 N–H and O–H groups in total. The van der Waals surface area contributed by atoms with E-state index in [-0.39, 0.29) is 0 Å². The molecule has 0 aliphatic heterocycles. The van der Waals surface area contributed by atoms with Gasteiger partial charge in [0, 0.05) is 6.61 Å². The second kappa shape index (κ2) is 14.5. The van der Waals surface area contributed by atoms with Gasteiger partial charge < -0.3 is 23.7 Å². The van der Waals surface area contributed by atoms with E-state index in [4.69, 9.17) is 23.7 Å². The Labute approximate surface area is 174 Å². The number of methoxy groups -OCH3 is 1. The summed E-state index contributed by atoms with van der Waals surface area (Å²) in [6.07, 6.45) is 6.06. The van der Waals surface area contributed by atoms with Crippen LogP contribution in [0, 0.1) is 0 Å². The molecule has 0 aliphatic rings. The lowest BCUT2D eigenvalue weighted by atomic mass is 10.2. The van der Waals surface area contributed by atoms with Gasteiger partial charge in [-0.05, 0) is 61.2 Å². The topological polar surface area (TPSA) is 46.2 Å². The van der Waals surface area contributed by atoms with Crippen molar-refractivity contribution < 1.29 is 23.7 Å². The molecule has 2 aromatic rings. The summed E-state index contributed by atoms with van der Waals surface area (Å²) in [5.41, 5.74) is 1.10. The van der Waals surface area contributed by atoms with Gasteiger partial charge in [-0.3, -0.25) is 0 Å². The van der Waals surface area contributed by atoms with E-state index in [0.717, 1.165) is 61.7 Å².